The maximum absolute atomic E-state index is 5.23. The van der Waals surface area contributed by atoms with Crippen molar-refractivity contribution < 1.29 is 0 Å². The van der Waals surface area contributed by atoms with E-state index >= 15 is 0 Å². The van der Waals surface area contributed by atoms with Crippen LogP contribution < -0.4 is 0 Å². The van der Waals surface area contributed by atoms with Crippen LogP contribution in [0.25, 0.3) is 5.32 Å². The van der Waals surface area contributed by atoms with Crippen LogP contribution in [0.1, 0.15) is 118 Å². The summed E-state index contributed by atoms with van der Waals surface area (Å²) in [6, 6.07) is 9.48. The van der Waals surface area contributed by atoms with Crippen molar-refractivity contribution in [2.24, 2.45) is 4.99 Å². The van der Waals surface area contributed by atoms with Crippen molar-refractivity contribution in [3.8, 4) is 0 Å². The first-order valence-electron chi connectivity index (χ1n) is 13.8. The van der Waals surface area contributed by atoms with E-state index in [0.29, 0.717) is 12.9 Å². The van der Waals surface area contributed by atoms with Gasteiger partial charge < -0.3 is 15.1 Å². The molecule has 4 heteroatoms. The second-order valence-electron chi connectivity index (χ2n) is 12.2. The van der Waals surface area contributed by atoms with Gasteiger partial charge in [0, 0.05) is 5.96 Å². The Bertz CT molecular complexity index is 717. The summed E-state index contributed by atoms with van der Waals surface area (Å²) in [4.78, 5) is 7.89. The zero-order chi connectivity index (χ0) is 24.0. The number of hydrogen-bond donors (Lipinski definition) is 0. The monoisotopic (exact) mass is 450 g/mol. The predicted molar refractivity (Wildman–Crippen MR) is 147 cm³/mol. The second-order valence-corrected chi connectivity index (χ2v) is 12.2. The highest BCUT2D eigenvalue weighted by Crippen LogP contribution is 2.44. The first kappa shape index (κ1) is 26.2. The highest BCUT2D eigenvalue weighted by Gasteiger charge is 2.38. The fraction of sp³-hybridized carbons (Fsp3) is 0.759. The highest BCUT2D eigenvalue weighted by atomic mass is 15.3. The molecule has 0 spiro atoms. The van der Waals surface area contributed by atoms with Crippen molar-refractivity contribution in [3.05, 3.63) is 35.1 Å². The van der Waals surface area contributed by atoms with Crippen LogP contribution in [-0.4, -0.2) is 29.7 Å². The summed E-state index contributed by atoms with van der Waals surface area (Å²) < 4.78 is 0. The molecule has 0 atom stereocenters. The van der Waals surface area contributed by atoms with Crippen molar-refractivity contribution >= 4 is 18.5 Å². The van der Waals surface area contributed by atoms with Crippen molar-refractivity contribution in [2.75, 3.05) is 0 Å². The van der Waals surface area contributed by atoms with E-state index in [1.807, 2.05) is 0 Å². The highest BCUT2D eigenvalue weighted by molar-refractivity contribution is 6.62. The first-order valence-corrected chi connectivity index (χ1v) is 13.8. The lowest BCUT2D eigenvalue weighted by Gasteiger charge is -2.51. The maximum atomic E-state index is 5.23. The number of hydrogen-bond acceptors (Lipinski definition) is 1. The lowest BCUT2D eigenvalue weighted by Crippen LogP contribution is -2.53. The lowest BCUT2D eigenvalue weighted by atomic mass is 9.37. The SMILES string of the molecule is CC(C)[N-]C(=Nc1ccc(C(C)(C)C)cc1)N(B(C1CCCCC1)C1CCCCC1)C(C)C. The third kappa shape index (κ3) is 7.27. The van der Waals surface area contributed by atoms with E-state index in [1.54, 1.807) is 0 Å². The maximum Gasteiger partial charge on any atom is 0.185 e. The number of guanidine groups is 1. The third-order valence-electron chi connectivity index (χ3n) is 7.71. The van der Waals surface area contributed by atoms with Crippen molar-refractivity contribution in [1.82, 2.24) is 4.81 Å². The number of nitrogens with zero attached hydrogens (tertiary/aromatic N) is 3. The summed E-state index contributed by atoms with van der Waals surface area (Å²) in [5.41, 5.74) is 2.54. The zero-order valence-electron chi connectivity index (χ0n) is 22.6. The Hall–Kier alpha value is -1.45. The Morgan fingerprint density at radius 1 is 0.848 bits per heavy atom. The van der Waals surface area contributed by atoms with Gasteiger partial charge in [0.05, 0.1) is 0 Å². The van der Waals surface area contributed by atoms with Gasteiger partial charge in [-0.05, 0) is 28.7 Å². The van der Waals surface area contributed by atoms with Gasteiger partial charge in [-0.1, -0.05) is 149 Å². The number of rotatable bonds is 6. The Morgan fingerprint density at radius 2 is 1.33 bits per heavy atom. The molecule has 184 valence electrons. The second kappa shape index (κ2) is 11.8. The predicted octanol–water partition coefficient (Wildman–Crippen LogP) is 9.12. The average molecular weight is 451 g/mol. The van der Waals surface area contributed by atoms with Crippen molar-refractivity contribution in [1.29, 1.82) is 0 Å². The summed E-state index contributed by atoms with van der Waals surface area (Å²) in [5, 5.41) is 5.15. The molecule has 2 aliphatic rings. The van der Waals surface area contributed by atoms with E-state index in [-0.39, 0.29) is 11.5 Å². The molecule has 0 bridgehead atoms. The van der Waals surface area contributed by atoms with Gasteiger partial charge in [0.25, 0.3) is 0 Å². The largest absolute Gasteiger partial charge is 0.454 e. The van der Waals surface area contributed by atoms with Crippen LogP contribution in [-0.2, 0) is 5.41 Å². The van der Waals surface area contributed by atoms with Crippen LogP contribution in [0.5, 0.6) is 0 Å². The summed E-state index contributed by atoms with van der Waals surface area (Å²) in [6.45, 7) is 16.5. The van der Waals surface area contributed by atoms with E-state index in [1.165, 1.54) is 69.8 Å². The molecule has 0 saturated heterocycles. The molecule has 2 fully saturated rings. The minimum absolute atomic E-state index is 0.157. The summed E-state index contributed by atoms with van der Waals surface area (Å²) in [5.74, 6) is 2.52. The van der Waals surface area contributed by atoms with Gasteiger partial charge in [-0.15, -0.1) is 0 Å². The molecule has 0 amide bonds. The molecule has 0 unspecified atom stereocenters. The number of aliphatic imine (C=N–C) groups is 1. The van der Waals surface area contributed by atoms with Crippen molar-refractivity contribution in [3.63, 3.8) is 0 Å². The lowest BCUT2D eigenvalue weighted by molar-refractivity contribution is 0.408. The molecular formula is C29H49BN3-. The molecule has 2 aliphatic carbocycles. The quantitative estimate of drug-likeness (QED) is 0.241. The van der Waals surface area contributed by atoms with E-state index in [0.717, 1.165) is 23.3 Å². The van der Waals surface area contributed by atoms with Crippen LogP contribution in [0.2, 0.25) is 11.6 Å². The van der Waals surface area contributed by atoms with E-state index < -0.39 is 0 Å². The Labute approximate surface area is 205 Å². The fourth-order valence-electron chi connectivity index (χ4n) is 6.03. The molecule has 0 N–H and O–H groups in total. The molecule has 3 nitrogen and oxygen atoms in total. The topological polar surface area (TPSA) is 29.7 Å². The molecule has 33 heavy (non-hydrogen) atoms. The molecule has 1 aromatic carbocycles. The van der Waals surface area contributed by atoms with Gasteiger partial charge in [-0.2, -0.15) is 0 Å². The molecule has 3 rings (SSSR count). The molecule has 0 heterocycles. The summed E-state index contributed by atoms with van der Waals surface area (Å²) >= 11 is 0. The molecule has 0 aromatic heterocycles. The molecule has 0 radical (unpaired) electrons. The van der Waals surface area contributed by atoms with Crippen LogP contribution in [0.3, 0.4) is 0 Å². The van der Waals surface area contributed by atoms with Gasteiger partial charge in [0.2, 0.25) is 0 Å². The molecular weight excluding hydrogens is 401 g/mol. The molecule has 2 saturated carbocycles. The first-order chi connectivity index (χ1) is 15.7. The van der Waals surface area contributed by atoms with Crippen LogP contribution in [0.4, 0.5) is 5.69 Å². The van der Waals surface area contributed by atoms with Gasteiger partial charge in [0.1, 0.15) is 0 Å². The third-order valence-corrected chi connectivity index (χ3v) is 7.71. The average Bonchev–Trinajstić information content (AvgIpc) is 2.77. The van der Waals surface area contributed by atoms with Gasteiger partial charge in [-0.3, -0.25) is 0 Å². The van der Waals surface area contributed by atoms with Crippen LogP contribution >= 0.6 is 0 Å². The number of benzene rings is 1. The van der Waals surface area contributed by atoms with E-state index in [9.17, 15) is 0 Å². The normalized spacial score (nSPS) is 19.2. The van der Waals surface area contributed by atoms with E-state index in [4.69, 9.17) is 10.3 Å². The van der Waals surface area contributed by atoms with Gasteiger partial charge in [-0.25, -0.2) is 0 Å². The minimum atomic E-state index is 0.157. The van der Waals surface area contributed by atoms with Crippen LogP contribution in [0, 0.1) is 0 Å². The summed E-state index contributed by atoms with van der Waals surface area (Å²) in [7, 11) is 0. The van der Waals surface area contributed by atoms with Gasteiger partial charge >= 0.3 is 0 Å². The Kier molecular flexibility index (Phi) is 9.36. The van der Waals surface area contributed by atoms with Gasteiger partial charge in [0.15, 0.2) is 6.85 Å². The Balaban J connectivity index is 1.99. The molecule has 1 aromatic rings. The molecule has 0 aliphatic heterocycles. The van der Waals surface area contributed by atoms with E-state index in [2.05, 4.69) is 77.5 Å². The standard InChI is InChI=1S/C29H49BN3/c1-22(2)31-28(32-27-20-18-24(19-21-27)29(5,6)7)33(23(3)4)30(25-14-10-8-11-15-25)26-16-12-9-13-17-26/h18-23,25-26H,8-17H2,1-7H3/q-1. The fourth-order valence-corrected chi connectivity index (χ4v) is 6.03. The van der Waals surface area contributed by atoms with Crippen molar-refractivity contribution in [2.45, 2.75) is 142 Å². The zero-order valence-corrected chi connectivity index (χ0v) is 22.6. The summed E-state index contributed by atoms with van der Waals surface area (Å²) in [6.07, 6.45) is 13.9. The Morgan fingerprint density at radius 3 is 1.73 bits per heavy atom. The van der Waals surface area contributed by atoms with Crippen LogP contribution in [0.15, 0.2) is 29.3 Å². The minimum Gasteiger partial charge on any atom is -0.454 e. The smallest absolute Gasteiger partial charge is 0.185 e.